The number of carbonyl (C=O) groups is 1. The van der Waals surface area contributed by atoms with Gasteiger partial charge in [-0.1, -0.05) is 28.1 Å². The third-order valence-corrected chi connectivity index (χ3v) is 3.40. The lowest BCUT2D eigenvalue weighted by atomic mass is 10.1. The van der Waals surface area contributed by atoms with E-state index < -0.39 is 0 Å². The number of hydrogen-bond acceptors (Lipinski definition) is 3. The van der Waals surface area contributed by atoms with E-state index in [1.165, 1.54) is 0 Å². The molecule has 0 aromatic heterocycles. The monoisotopic (exact) mass is 360 g/mol. The molecule has 0 fully saturated rings. The Morgan fingerprint density at radius 1 is 1.18 bits per heavy atom. The fourth-order valence-corrected chi connectivity index (χ4v) is 2.09. The number of nitrogens with one attached hydrogen (secondary N) is 1. The molecule has 2 aromatic rings. The molecule has 114 valence electrons. The minimum atomic E-state index is -0.149. The summed E-state index contributed by atoms with van der Waals surface area (Å²) in [6.07, 6.45) is 1.91. The normalized spacial score (nSPS) is 10.6. The Labute approximate surface area is 138 Å². The molecular weight excluding hydrogens is 344 g/mol. The standard InChI is InChI=1S/C17H17BrN2O2/c1-2-22-16-9-5-14(6-10-16)12-19-20-17(21)11-13-3-7-15(18)8-4-13/h3-10,12H,2,11H2,1H3,(H,20,21)/b19-12-. The van der Waals surface area contributed by atoms with Gasteiger partial charge in [0.2, 0.25) is 5.91 Å². The number of benzene rings is 2. The average molecular weight is 361 g/mol. The van der Waals surface area contributed by atoms with Crippen molar-refractivity contribution in [1.82, 2.24) is 5.43 Å². The van der Waals surface area contributed by atoms with Crippen LogP contribution in [0.3, 0.4) is 0 Å². The summed E-state index contributed by atoms with van der Waals surface area (Å²) in [5.41, 5.74) is 4.36. The molecule has 0 radical (unpaired) electrons. The van der Waals surface area contributed by atoms with Crippen LogP contribution in [0.1, 0.15) is 18.1 Å². The minimum absolute atomic E-state index is 0.149. The smallest absolute Gasteiger partial charge is 0.244 e. The number of carbonyl (C=O) groups excluding carboxylic acids is 1. The number of nitrogens with zero attached hydrogens (tertiary/aromatic N) is 1. The summed E-state index contributed by atoms with van der Waals surface area (Å²) < 4.78 is 6.35. The molecule has 2 rings (SSSR count). The Bertz CT molecular complexity index is 637. The Morgan fingerprint density at radius 3 is 2.50 bits per heavy atom. The molecule has 0 saturated carbocycles. The van der Waals surface area contributed by atoms with Gasteiger partial charge in [0, 0.05) is 4.47 Å². The van der Waals surface area contributed by atoms with E-state index in [1.54, 1.807) is 6.21 Å². The quantitative estimate of drug-likeness (QED) is 0.632. The number of halogens is 1. The molecule has 1 N–H and O–H groups in total. The van der Waals surface area contributed by atoms with Crippen molar-refractivity contribution in [2.75, 3.05) is 6.61 Å². The van der Waals surface area contributed by atoms with Crippen molar-refractivity contribution in [1.29, 1.82) is 0 Å². The first-order valence-corrected chi connectivity index (χ1v) is 7.76. The topological polar surface area (TPSA) is 50.7 Å². The fourth-order valence-electron chi connectivity index (χ4n) is 1.82. The molecule has 0 spiro atoms. The second kappa shape index (κ2) is 8.34. The van der Waals surface area contributed by atoms with Gasteiger partial charge in [-0.05, 0) is 54.4 Å². The number of rotatable bonds is 6. The summed E-state index contributed by atoms with van der Waals surface area (Å²) in [6.45, 7) is 2.58. The van der Waals surface area contributed by atoms with Gasteiger partial charge in [0.25, 0.3) is 0 Å². The zero-order valence-corrected chi connectivity index (χ0v) is 13.8. The maximum Gasteiger partial charge on any atom is 0.244 e. The summed E-state index contributed by atoms with van der Waals surface area (Å²) in [5, 5.41) is 3.96. The Hall–Kier alpha value is -2.14. The highest BCUT2D eigenvalue weighted by molar-refractivity contribution is 9.10. The number of hydrazone groups is 1. The van der Waals surface area contributed by atoms with Crippen LogP contribution in [-0.4, -0.2) is 18.7 Å². The van der Waals surface area contributed by atoms with Gasteiger partial charge in [0.1, 0.15) is 5.75 Å². The lowest BCUT2D eigenvalue weighted by Crippen LogP contribution is -2.19. The van der Waals surface area contributed by atoms with Gasteiger partial charge in [0.15, 0.2) is 0 Å². The van der Waals surface area contributed by atoms with Gasteiger partial charge in [-0.3, -0.25) is 4.79 Å². The Kier molecular flexibility index (Phi) is 6.15. The molecule has 2 aromatic carbocycles. The van der Waals surface area contributed by atoms with Crippen molar-refractivity contribution in [3.8, 4) is 5.75 Å². The second-order valence-corrected chi connectivity index (χ2v) is 5.51. The number of ether oxygens (including phenoxy) is 1. The molecule has 0 heterocycles. The average Bonchev–Trinajstić information content (AvgIpc) is 2.52. The molecule has 0 saturated heterocycles. The molecule has 0 aliphatic heterocycles. The van der Waals surface area contributed by atoms with Crippen LogP contribution in [0.5, 0.6) is 5.75 Å². The van der Waals surface area contributed by atoms with Gasteiger partial charge in [-0.15, -0.1) is 0 Å². The van der Waals surface area contributed by atoms with E-state index in [0.29, 0.717) is 13.0 Å². The van der Waals surface area contributed by atoms with Crippen molar-refractivity contribution in [2.24, 2.45) is 5.10 Å². The van der Waals surface area contributed by atoms with Crippen LogP contribution in [0.4, 0.5) is 0 Å². The first kappa shape index (κ1) is 16.2. The molecule has 0 unspecified atom stereocenters. The third-order valence-electron chi connectivity index (χ3n) is 2.87. The van der Waals surface area contributed by atoms with Gasteiger partial charge < -0.3 is 4.74 Å². The van der Waals surface area contributed by atoms with E-state index >= 15 is 0 Å². The Morgan fingerprint density at radius 2 is 1.86 bits per heavy atom. The van der Waals surface area contributed by atoms with E-state index in [9.17, 15) is 4.79 Å². The fraction of sp³-hybridized carbons (Fsp3) is 0.176. The number of amides is 1. The van der Waals surface area contributed by atoms with Crippen molar-refractivity contribution < 1.29 is 9.53 Å². The predicted octanol–water partition coefficient (Wildman–Crippen LogP) is 3.54. The molecule has 4 nitrogen and oxygen atoms in total. The van der Waals surface area contributed by atoms with Crippen LogP contribution >= 0.6 is 15.9 Å². The lowest BCUT2D eigenvalue weighted by Gasteiger charge is -2.02. The van der Waals surface area contributed by atoms with Crippen molar-refractivity contribution >= 4 is 28.1 Å². The highest BCUT2D eigenvalue weighted by Gasteiger charge is 2.01. The summed E-state index contributed by atoms with van der Waals surface area (Å²) in [6, 6.07) is 15.1. The molecular formula is C17H17BrN2O2. The predicted molar refractivity (Wildman–Crippen MR) is 91.2 cm³/mol. The highest BCUT2D eigenvalue weighted by atomic mass is 79.9. The minimum Gasteiger partial charge on any atom is -0.494 e. The summed E-state index contributed by atoms with van der Waals surface area (Å²) in [7, 11) is 0. The van der Waals surface area contributed by atoms with Crippen LogP contribution in [0.15, 0.2) is 58.1 Å². The molecule has 0 aliphatic carbocycles. The first-order chi connectivity index (χ1) is 10.7. The highest BCUT2D eigenvalue weighted by Crippen LogP contribution is 2.11. The van der Waals surface area contributed by atoms with E-state index in [2.05, 4.69) is 26.5 Å². The molecule has 22 heavy (non-hydrogen) atoms. The summed E-state index contributed by atoms with van der Waals surface area (Å²) in [5.74, 6) is 0.670. The van der Waals surface area contributed by atoms with Crippen LogP contribution in [-0.2, 0) is 11.2 Å². The molecule has 0 bridgehead atoms. The molecule has 1 amide bonds. The van der Waals surface area contributed by atoms with Crippen LogP contribution < -0.4 is 10.2 Å². The van der Waals surface area contributed by atoms with Gasteiger partial charge in [0.05, 0.1) is 19.2 Å². The van der Waals surface area contributed by atoms with E-state index in [1.807, 2.05) is 55.5 Å². The van der Waals surface area contributed by atoms with Crippen molar-refractivity contribution in [2.45, 2.75) is 13.3 Å². The van der Waals surface area contributed by atoms with Crippen LogP contribution in [0.2, 0.25) is 0 Å². The zero-order valence-electron chi connectivity index (χ0n) is 12.3. The second-order valence-electron chi connectivity index (χ2n) is 4.60. The lowest BCUT2D eigenvalue weighted by molar-refractivity contribution is -0.120. The van der Waals surface area contributed by atoms with E-state index in [0.717, 1.165) is 21.3 Å². The zero-order chi connectivity index (χ0) is 15.8. The van der Waals surface area contributed by atoms with Gasteiger partial charge >= 0.3 is 0 Å². The molecule has 0 atom stereocenters. The van der Waals surface area contributed by atoms with Crippen molar-refractivity contribution in [3.63, 3.8) is 0 Å². The third kappa shape index (κ3) is 5.33. The maximum atomic E-state index is 11.8. The largest absolute Gasteiger partial charge is 0.494 e. The summed E-state index contributed by atoms with van der Waals surface area (Å²) in [4.78, 5) is 11.8. The number of hydrogen-bond donors (Lipinski definition) is 1. The van der Waals surface area contributed by atoms with Gasteiger partial charge in [-0.2, -0.15) is 5.10 Å². The van der Waals surface area contributed by atoms with Crippen LogP contribution in [0, 0.1) is 0 Å². The Balaban J connectivity index is 1.83. The first-order valence-electron chi connectivity index (χ1n) is 6.96. The van der Waals surface area contributed by atoms with E-state index in [-0.39, 0.29) is 5.91 Å². The maximum absolute atomic E-state index is 11.8. The van der Waals surface area contributed by atoms with E-state index in [4.69, 9.17) is 4.74 Å². The van der Waals surface area contributed by atoms with Gasteiger partial charge in [-0.25, -0.2) is 5.43 Å². The van der Waals surface area contributed by atoms with Crippen LogP contribution in [0.25, 0.3) is 0 Å². The molecule has 0 aliphatic rings. The SMILES string of the molecule is CCOc1ccc(/C=N\NC(=O)Cc2ccc(Br)cc2)cc1. The molecule has 5 heteroatoms. The van der Waals surface area contributed by atoms with Crippen molar-refractivity contribution in [3.05, 3.63) is 64.1 Å². The summed E-state index contributed by atoms with van der Waals surface area (Å²) >= 11 is 3.36.